The van der Waals surface area contributed by atoms with Crippen molar-refractivity contribution in [2.75, 3.05) is 6.54 Å². The standard InChI is InChI=1S/C50H85NO5/c1-3-5-7-9-11-13-15-17-19-20-21-22-23-24-25-26-27-29-31-33-35-37-39-45-50(55)56-47(43-40-41-44-48(52)51-46-49(53)54)42-38-36-34-32-30-28-18-16-14-12-10-8-6-4-2/h6,8,12,14,18,20-21,28,32,34,38,42,47H,3-5,7,9-11,13,15-17,19,22-27,29-31,33,35-37,39-41,43-46H2,1-2H3,(H,51,52)(H,53,54)/b8-6-,14-12-,21-20-,28-18-,34-32-,42-38-. The van der Waals surface area contributed by atoms with Crippen LogP contribution >= 0.6 is 0 Å². The van der Waals surface area contributed by atoms with Crippen molar-refractivity contribution in [2.24, 2.45) is 0 Å². The number of hydrogen-bond donors (Lipinski definition) is 2. The highest BCUT2D eigenvalue weighted by molar-refractivity contribution is 5.81. The van der Waals surface area contributed by atoms with E-state index < -0.39 is 5.97 Å². The van der Waals surface area contributed by atoms with Gasteiger partial charge < -0.3 is 15.2 Å². The van der Waals surface area contributed by atoms with Crippen LogP contribution in [-0.2, 0) is 19.1 Å². The number of ether oxygens (including phenoxy) is 1. The molecule has 0 radical (unpaired) electrons. The molecule has 0 aliphatic rings. The molecule has 0 aromatic heterocycles. The predicted octanol–water partition coefficient (Wildman–Crippen LogP) is 14.6. The van der Waals surface area contributed by atoms with Crippen molar-refractivity contribution >= 4 is 17.8 Å². The maximum Gasteiger partial charge on any atom is 0.322 e. The number of carbonyl (C=O) groups is 3. The summed E-state index contributed by atoms with van der Waals surface area (Å²) in [5.74, 6) is -1.48. The normalized spacial score (nSPS) is 12.8. The molecule has 0 spiro atoms. The molecule has 0 bridgehead atoms. The van der Waals surface area contributed by atoms with Gasteiger partial charge in [-0.2, -0.15) is 0 Å². The van der Waals surface area contributed by atoms with E-state index in [2.05, 4.69) is 79.9 Å². The molecule has 0 aromatic carbocycles. The SMILES string of the molecule is CC/C=C\C/C=C\C/C=C\C/C=C\C/C=C\C(CCCCC(=O)NCC(=O)O)OC(=O)CCCCCCCCCCCCC/C=C\CCCCCCCCCC. The molecule has 2 N–H and O–H groups in total. The van der Waals surface area contributed by atoms with Gasteiger partial charge in [0, 0.05) is 12.8 Å². The number of rotatable bonds is 41. The maximum absolute atomic E-state index is 12.7. The smallest absolute Gasteiger partial charge is 0.322 e. The monoisotopic (exact) mass is 780 g/mol. The average Bonchev–Trinajstić information content (AvgIpc) is 3.18. The van der Waals surface area contributed by atoms with Crippen LogP contribution in [0.5, 0.6) is 0 Å². The van der Waals surface area contributed by atoms with E-state index in [-0.39, 0.29) is 30.9 Å². The van der Waals surface area contributed by atoms with Crippen molar-refractivity contribution in [1.82, 2.24) is 5.32 Å². The van der Waals surface area contributed by atoms with Crippen LogP contribution in [0.25, 0.3) is 0 Å². The predicted molar refractivity (Wildman–Crippen MR) is 240 cm³/mol. The summed E-state index contributed by atoms with van der Waals surface area (Å²) in [6.07, 6.45) is 60.5. The number of amides is 1. The highest BCUT2D eigenvalue weighted by Gasteiger charge is 2.12. The van der Waals surface area contributed by atoms with E-state index >= 15 is 0 Å². The zero-order valence-corrected chi connectivity index (χ0v) is 36.2. The fourth-order valence-corrected chi connectivity index (χ4v) is 6.46. The number of hydrogen-bond acceptors (Lipinski definition) is 4. The lowest BCUT2D eigenvalue weighted by atomic mass is 10.0. The second-order valence-electron chi connectivity index (χ2n) is 15.3. The van der Waals surface area contributed by atoms with E-state index in [1.165, 1.54) is 122 Å². The molecule has 0 aliphatic heterocycles. The van der Waals surface area contributed by atoms with E-state index in [0.717, 1.165) is 44.9 Å². The Balaban J connectivity index is 4.12. The molecule has 0 fully saturated rings. The Morgan fingerprint density at radius 1 is 0.500 bits per heavy atom. The quantitative estimate of drug-likeness (QED) is 0.0366. The number of carboxylic acids is 1. The van der Waals surface area contributed by atoms with Gasteiger partial charge in [0.25, 0.3) is 0 Å². The molecule has 1 amide bonds. The van der Waals surface area contributed by atoms with Gasteiger partial charge in [-0.05, 0) is 89.5 Å². The Morgan fingerprint density at radius 2 is 0.929 bits per heavy atom. The summed E-state index contributed by atoms with van der Waals surface area (Å²) >= 11 is 0. The highest BCUT2D eigenvalue weighted by Crippen LogP contribution is 2.15. The Kier molecular flexibility index (Phi) is 42.1. The van der Waals surface area contributed by atoms with E-state index in [4.69, 9.17) is 9.84 Å². The minimum absolute atomic E-state index is 0.158. The van der Waals surface area contributed by atoms with Gasteiger partial charge in [0.05, 0.1) is 0 Å². The molecule has 56 heavy (non-hydrogen) atoms. The van der Waals surface area contributed by atoms with E-state index in [1.807, 2.05) is 12.2 Å². The largest absolute Gasteiger partial charge is 0.480 e. The molecule has 6 nitrogen and oxygen atoms in total. The zero-order chi connectivity index (χ0) is 40.8. The highest BCUT2D eigenvalue weighted by atomic mass is 16.5. The Labute approximate surface area is 344 Å². The average molecular weight is 780 g/mol. The van der Waals surface area contributed by atoms with Crippen LogP contribution in [0.15, 0.2) is 72.9 Å². The summed E-state index contributed by atoms with van der Waals surface area (Å²) in [7, 11) is 0. The van der Waals surface area contributed by atoms with Crippen molar-refractivity contribution in [3.63, 3.8) is 0 Å². The Hall–Kier alpha value is -3.15. The molecular weight excluding hydrogens is 695 g/mol. The van der Waals surface area contributed by atoms with Gasteiger partial charge in [-0.15, -0.1) is 0 Å². The molecule has 0 heterocycles. The van der Waals surface area contributed by atoms with Gasteiger partial charge >= 0.3 is 11.9 Å². The van der Waals surface area contributed by atoms with Crippen LogP contribution in [0, 0.1) is 0 Å². The van der Waals surface area contributed by atoms with Crippen molar-refractivity contribution in [2.45, 2.75) is 219 Å². The minimum atomic E-state index is -1.05. The molecule has 6 heteroatoms. The number of aliphatic carboxylic acids is 1. The summed E-state index contributed by atoms with van der Waals surface area (Å²) in [4.78, 5) is 35.2. The summed E-state index contributed by atoms with van der Waals surface area (Å²) in [5.41, 5.74) is 0. The third-order valence-electron chi connectivity index (χ3n) is 9.85. The molecule has 0 saturated carbocycles. The van der Waals surface area contributed by atoms with Crippen LogP contribution in [0.1, 0.15) is 213 Å². The van der Waals surface area contributed by atoms with Gasteiger partial charge in [-0.1, -0.05) is 183 Å². The van der Waals surface area contributed by atoms with Crippen LogP contribution in [-0.4, -0.2) is 35.6 Å². The zero-order valence-electron chi connectivity index (χ0n) is 36.2. The first kappa shape index (κ1) is 52.9. The number of esters is 1. The molecule has 1 atom stereocenters. The van der Waals surface area contributed by atoms with Crippen molar-refractivity contribution in [3.05, 3.63) is 72.9 Å². The molecule has 0 rings (SSSR count). The third kappa shape index (κ3) is 43.6. The van der Waals surface area contributed by atoms with Gasteiger partial charge in [0.2, 0.25) is 5.91 Å². The summed E-state index contributed by atoms with van der Waals surface area (Å²) in [6.45, 7) is 4.06. The molecule has 0 aliphatic carbocycles. The van der Waals surface area contributed by atoms with Gasteiger partial charge in [-0.3, -0.25) is 14.4 Å². The second-order valence-corrected chi connectivity index (χ2v) is 15.3. The Morgan fingerprint density at radius 3 is 1.41 bits per heavy atom. The molecule has 320 valence electrons. The third-order valence-corrected chi connectivity index (χ3v) is 9.85. The first-order valence-electron chi connectivity index (χ1n) is 23.1. The lowest BCUT2D eigenvalue weighted by Crippen LogP contribution is -2.28. The number of allylic oxidation sites excluding steroid dienone is 11. The summed E-state index contributed by atoms with van der Waals surface area (Å²) < 4.78 is 5.85. The summed E-state index contributed by atoms with van der Waals surface area (Å²) in [6, 6.07) is 0. The lowest BCUT2D eigenvalue weighted by Gasteiger charge is -2.14. The second kappa shape index (κ2) is 44.6. The molecule has 1 unspecified atom stereocenters. The Bertz CT molecular complexity index is 1090. The van der Waals surface area contributed by atoms with Crippen molar-refractivity contribution in [3.8, 4) is 0 Å². The van der Waals surface area contributed by atoms with Gasteiger partial charge in [-0.25, -0.2) is 0 Å². The van der Waals surface area contributed by atoms with E-state index in [0.29, 0.717) is 25.7 Å². The molecule has 0 saturated heterocycles. The number of carboxylic acid groups (broad SMARTS) is 1. The van der Waals surface area contributed by atoms with Gasteiger partial charge in [0.15, 0.2) is 0 Å². The molecule has 0 aromatic rings. The number of unbranched alkanes of at least 4 members (excludes halogenated alkanes) is 20. The van der Waals surface area contributed by atoms with Crippen LogP contribution in [0.2, 0.25) is 0 Å². The van der Waals surface area contributed by atoms with E-state index in [9.17, 15) is 14.4 Å². The fraction of sp³-hybridized carbons (Fsp3) is 0.700. The number of carbonyl (C=O) groups excluding carboxylic acids is 2. The topological polar surface area (TPSA) is 92.7 Å². The van der Waals surface area contributed by atoms with Crippen LogP contribution in [0.4, 0.5) is 0 Å². The van der Waals surface area contributed by atoms with Crippen molar-refractivity contribution < 1.29 is 24.2 Å². The van der Waals surface area contributed by atoms with E-state index in [1.54, 1.807) is 0 Å². The maximum atomic E-state index is 12.7. The minimum Gasteiger partial charge on any atom is -0.480 e. The first-order chi connectivity index (χ1) is 27.5. The van der Waals surface area contributed by atoms with Crippen LogP contribution < -0.4 is 5.32 Å². The summed E-state index contributed by atoms with van der Waals surface area (Å²) in [5, 5.41) is 11.1. The lowest BCUT2D eigenvalue weighted by molar-refractivity contribution is -0.147. The van der Waals surface area contributed by atoms with Crippen molar-refractivity contribution in [1.29, 1.82) is 0 Å². The first-order valence-corrected chi connectivity index (χ1v) is 23.1. The fourth-order valence-electron chi connectivity index (χ4n) is 6.46. The number of nitrogens with one attached hydrogen (secondary N) is 1. The van der Waals surface area contributed by atoms with Crippen LogP contribution in [0.3, 0.4) is 0 Å². The van der Waals surface area contributed by atoms with Gasteiger partial charge in [0.1, 0.15) is 12.6 Å². The molecular formula is C50H85NO5.